The van der Waals surface area contributed by atoms with Crippen LogP contribution in [0.5, 0.6) is 0 Å². The molecule has 1 aromatic heterocycles. The van der Waals surface area contributed by atoms with Crippen molar-refractivity contribution in [3.63, 3.8) is 0 Å². The highest BCUT2D eigenvalue weighted by molar-refractivity contribution is 6.42. The van der Waals surface area contributed by atoms with Crippen LogP contribution in [0.15, 0.2) is 22.7 Å². The van der Waals surface area contributed by atoms with E-state index in [9.17, 15) is 4.79 Å². The monoisotopic (exact) mass is 298 g/mol. The predicted octanol–water partition coefficient (Wildman–Crippen LogP) is 3.96. The number of carbonyl (C=O) groups excluding carboxylic acids is 1. The molecule has 1 aromatic carbocycles. The minimum absolute atomic E-state index is 0.0897. The Morgan fingerprint density at radius 1 is 1.32 bits per heavy atom. The summed E-state index contributed by atoms with van der Waals surface area (Å²) in [6, 6.07) is 5.07. The van der Waals surface area contributed by atoms with Crippen molar-refractivity contribution in [3.05, 3.63) is 34.1 Å². The van der Waals surface area contributed by atoms with Crippen molar-refractivity contribution in [2.24, 2.45) is 0 Å². The van der Waals surface area contributed by atoms with Gasteiger partial charge < -0.3 is 4.52 Å². The highest BCUT2D eigenvalue weighted by atomic mass is 35.5. The molecule has 2 aromatic rings. The molecular weight excluding hydrogens is 287 g/mol. The molecule has 0 radical (unpaired) electrons. The summed E-state index contributed by atoms with van der Waals surface area (Å²) in [5.41, 5.74) is 0.701. The van der Waals surface area contributed by atoms with Crippen molar-refractivity contribution in [1.82, 2.24) is 10.1 Å². The van der Waals surface area contributed by atoms with E-state index in [-0.39, 0.29) is 12.2 Å². The lowest BCUT2D eigenvalue weighted by Gasteiger charge is -1.97. The van der Waals surface area contributed by atoms with E-state index in [2.05, 4.69) is 10.1 Å². The molecule has 0 spiro atoms. The van der Waals surface area contributed by atoms with Gasteiger partial charge in [-0.1, -0.05) is 35.3 Å². The Hall–Kier alpha value is -1.39. The summed E-state index contributed by atoms with van der Waals surface area (Å²) in [5.74, 6) is 0.809. The number of rotatable bonds is 5. The largest absolute Gasteiger partial charge is 0.339 e. The van der Waals surface area contributed by atoms with Crippen LogP contribution < -0.4 is 0 Å². The first-order valence-electron chi connectivity index (χ1n) is 5.90. The Bertz CT molecular complexity index is 596. The molecule has 6 heteroatoms. The topological polar surface area (TPSA) is 56.0 Å². The maximum Gasteiger partial charge on any atom is 0.234 e. The van der Waals surface area contributed by atoms with E-state index >= 15 is 0 Å². The van der Waals surface area contributed by atoms with Gasteiger partial charge in [-0.05, 0) is 24.6 Å². The van der Waals surface area contributed by atoms with Crippen molar-refractivity contribution >= 4 is 29.0 Å². The van der Waals surface area contributed by atoms with Gasteiger partial charge in [0.15, 0.2) is 0 Å². The number of halogens is 2. The lowest BCUT2D eigenvalue weighted by molar-refractivity contribution is -0.118. The van der Waals surface area contributed by atoms with Gasteiger partial charge in [0.2, 0.25) is 11.7 Å². The average Bonchev–Trinajstić information content (AvgIpc) is 2.81. The lowest BCUT2D eigenvalue weighted by Crippen LogP contribution is -2.01. The summed E-state index contributed by atoms with van der Waals surface area (Å²) in [7, 11) is 0. The van der Waals surface area contributed by atoms with Gasteiger partial charge in [0.05, 0.1) is 16.5 Å². The number of hydrogen-bond acceptors (Lipinski definition) is 4. The van der Waals surface area contributed by atoms with Crippen molar-refractivity contribution in [3.8, 4) is 11.4 Å². The van der Waals surface area contributed by atoms with Gasteiger partial charge in [-0.2, -0.15) is 4.98 Å². The second-order valence-corrected chi connectivity index (χ2v) is 4.92. The Morgan fingerprint density at radius 3 is 2.79 bits per heavy atom. The van der Waals surface area contributed by atoms with Crippen LogP contribution in [0.25, 0.3) is 11.4 Å². The van der Waals surface area contributed by atoms with Crippen LogP contribution in [0.1, 0.15) is 25.7 Å². The summed E-state index contributed by atoms with van der Waals surface area (Å²) in [6.45, 7) is 1.95. The molecule has 0 unspecified atom stereocenters. The van der Waals surface area contributed by atoms with Crippen LogP contribution in [0.2, 0.25) is 10.0 Å². The molecule has 0 aliphatic heterocycles. The standard InChI is InChI=1S/C13H12Cl2N2O2/c1-2-3-9(18)7-12-16-13(17-19-12)8-4-5-10(14)11(15)6-8/h4-6H,2-3,7H2,1H3. The Labute approximate surface area is 120 Å². The lowest BCUT2D eigenvalue weighted by atomic mass is 10.2. The molecule has 0 aliphatic rings. The van der Waals surface area contributed by atoms with E-state index in [1.165, 1.54) is 0 Å². The molecule has 0 saturated carbocycles. The Balaban J connectivity index is 2.16. The SMILES string of the molecule is CCCC(=O)Cc1nc(-c2ccc(Cl)c(Cl)c2)no1. The minimum atomic E-state index is 0.0897. The number of carbonyl (C=O) groups is 1. The van der Waals surface area contributed by atoms with Crippen LogP contribution in [0.4, 0.5) is 0 Å². The van der Waals surface area contributed by atoms with Crippen molar-refractivity contribution in [2.75, 3.05) is 0 Å². The van der Waals surface area contributed by atoms with E-state index in [4.69, 9.17) is 27.7 Å². The fourth-order valence-electron chi connectivity index (χ4n) is 1.62. The summed E-state index contributed by atoms with van der Waals surface area (Å²) in [4.78, 5) is 15.7. The Morgan fingerprint density at radius 2 is 2.11 bits per heavy atom. The quantitative estimate of drug-likeness (QED) is 0.838. The first-order chi connectivity index (χ1) is 9.10. The molecule has 100 valence electrons. The molecule has 2 rings (SSSR count). The van der Waals surface area contributed by atoms with Gasteiger partial charge in [-0.3, -0.25) is 4.79 Å². The number of aromatic nitrogens is 2. The van der Waals surface area contributed by atoms with E-state index in [0.717, 1.165) is 6.42 Å². The molecular formula is C13H12Cl2N2O2. The minimum Gasteiger partial charge on any atom is -0.339 e. The number of hydrogen-bond donors (Lipinski definition) is 0. The van der Waals surface area contributed by atoms with Crippen LogP contribution in [-0.2, 0) is 11.2 Å². The van der Waals surface area contributed by atoms with Crippen LogP contribution in [-0.4, -0.2) is 15.9 Å². The number of Topliss-reactive ketones (excluding diaryl/α,β-unsaturated/α-hetero) is 1. The zero-order chi connectivity index (χ0) is 13.8. The second-order valence-electron chi connectivity index (χ2n) is 4.11. The van der Waals surface area contributed by atoms with E-state index in [1.54, 1.807) is 18.2 Å². The van der Waals surface area contributed by atoms with Gasteiger partial charge in [0.25, 0.3) is 0 Å². The zero-order valence-corrected chi connectivity index (χ0v) is 11.8. The fourth-order valence-corrected chi connectivity index (χ4v) is 1.91. The zero-order valence-electron chi connectivity index (χ0n) is 10.3. The summed E-state index contributed by atoms with van der Waals surface area (Å²) >= 11 is 11.8. The highest BCUT2D eigenvalue weighted by Gasteiger charge is 2.12. The Kier molecular flexibility index (Phi) is 4.56. The normalized spacial score (nSPS) is 10.7. The van der Waals surface area contributed by atoms with E-state index in [0.29, 0.717) is 33.7 Å². The third-order valence-corrected chi connectivity index (χ3v) is 3.26. The molecule has 0 N–H and O–H groups in total. The predicted molar refractivity (Wildman–Crippen MR) is 73.4 cm³/mol. The van der Waals surface area contributed by atoms with E-state index < -0.39 is 0 Å². The van der Waals surface area contributed by atoms with Crippen LogP contribution in [0.3, 0.4) is 0 Å². The van der Waals surface area contributed by atoms with Gasteiger partial charge >= 0.3 is 0 Å². The van der Waals surface area contributed by atoms with E-state index in [1.807, 2.05) is 6.92 Å². The molecule has 0 saturated heterocycles. The smallest absolute Gasteiger partial charge is 0.234 e. The fraction of sp³-hybridized carbons (Fsp3) is 0.308. The molecule has 0 atom stereocenters. The van der Waals surface area contributed by atoms with Crippen LogP contribution in [0, 0.1) is 0 Å². The molecule has 0 fully saturated rings. The van der Waals surface area contributed by atoms with Gasteiger partial charge in [-0.25, -0.2) is 0 Å². The van der Waals surface area contributed by atoms with Crippen molar-refractivity contribution in [2.45, 2.75) is 26.2 Å². The van der Waals surface area contributed by atoms with Gasteiger partial charge in [0, 0.05) is 12.0 Å². The van der Waals surface area contributed by atoms with Crippen LogP contribution >= 0.6 is 23.2 Å². The molecule has 0 aliphatic carbocycles. The number of benzene rings is 1. The van der Waals surface area contributed by atoms with Crippen molar-refractivity contribution < 1.29 is 9.32 Å². The molecule has 0 amide bonds. The summed E-state index contributed by atoms with van der Waals surface area (Å²) in [5, 5.41) is 4.72. The molecule has 19 heavy (non-hydrogen) atoms. The molecule has 4 nitrogen and oxygen atoms in total. The number of nitrogens with zero attached hydrogens (tertiary/aromatic N) is 2. The maximum absolute atomic E-state index is 11.5. The molecule has 1 heterocycles. The van der Waals surface area contributed by atoms with Crippen molar-refractivity contribution in [1.29, 1.82) is 0 Å². The third-order valence-electron chi connectivity index (χ3n) is 2.52. The average molecular weight is 299 g/mol. The first-order valence-corrected chi connectivity index (χ1v) is 6.65. The third kappa shape index (κ3) is 3.55. The summed E-state index contributed by atoms with van der Waals surface area (Å²) < 4.78 is 5.05. The number of ketones is 1. The maximum atomic E-state index is 11.5. The molecule has 0 bridgehead atoms. The second kappa shape index (κ2) is 6.17. The summed E-state index contributed by atoms with van der Waals surface area (Å²) in [6.07, 6.45) is 1.50. The highest BCUT2D eigenvalue weighted by Crippen LogP contribution is 2.27. The van der Waals surface area contributed by atoms with Gasteiger partial charge in [-0.15, -0.1) is 0 Å². The van der Waals surface area contributed by atoms with Gasteiger partial charge in [0.1, 0.15) is 5.78 Å². The first kappa shape index (κ1) is 14.0.